The third-order valence-corrected chi connectivity index (χ3v) is 5.16. The van der Waals surface area contributed by atoms with Crippen molar-refractivity contribution < 1.29 is 14.4 Å². The van der Waals surface area contributed by atoms with Crippen molar-refractivity contribution in [3.8, 4) is 5.75 Å². The first-order valence-corrected chi connectivity index (χ1v) is 8.74. The Balaban J connectivity index is 2.02. The predicted molar refractivity (Wildman–Crippen MR) is 95.7 cm³/mol. The van der Waals surface area contributed by atoms with Crippen LogP contribution in [0.15, 0.2) is 44.5 Å². The molecule has 1 aromatic carbocycles. The lowest BCUT2D eigenvalue weighted by Crippen LogP contribution is -2.17. The van der Waals surface area contributed by atoms with E-state index in [1.807, 2.05) is 0 Å². The third-order valence-electron chi connectivity index (χ3n) is 3.91. The molecule has 0 saturated heterocycles. The second-order valence-corrected chi connectivity index (χ2v) is 6.92. The van der Waals surface area contributed by atoms with E-state index in [4.69, 9.17) is 4.42 Å². The van der Waals surface area contributed by atoms with Crippen LogP contribution in [0.4, 0.5) is 5.69 Å². The summed E-state index contributed by atoms with van der Waals surface area (Å²) >= 11 is 1.55. The van der Waals surface area contributed by atoms with Crippen LogP contribution in [0, 0.1) is 17.0 Å². The number of nitrogens with zero attached hydrogens (tertiary/aromatic N) is 2. The number of hydrogen-bond acceptors (Lipinski definition) is 7. The molecule has 0 spiro atoms. The normalized spacial score (nSPS) is 17.6. The quantitative estimate of drug-likeness (QED) is 0.665. The first-order chi connectivity index (χ1) is 12.0. The van der Waals surface area contributed by atoms with Gasteiger partial charge in [0.2, 0.25) is 0 Å². The average molecular weight is 360 g/mol. The van der Waals surface area contributed by atoms with Crippen LogP contribution in [0.3, 0.4) is 0 Å². The zero-order chi connectivity index (χ0) is 18.0. The van der Waals surface area contributed by atoms with Gasteiger partial charge >= 0.3 is 5.63 Å². The molecule has 8 heteroatoms. The summed E-state index contributed by atoms with van der Waals surface area (Å²) in [5.41, 5.74) is 0.435. The maximum Gasteiger partial charge on any atom is 0.348 e. The van der Waals surface area contributed by atoms with E-state index in [9.17, 15) is 20.0 Å². The molecule has 0 saturated carbocycles. The van der Waals surface area contributed by atoms with Crippen molar-refractivity contribution >= 4 is 23.2 Å². The largest absolute Gasteiger partial charge is 0.507 e. The van der Waals surface area contributed by atoms with Gasteiger partial charge < -0.3 is 9.52 Å². The fourth-order valence-electron chi connectivity index (χ4n) is 2.84. The molecule has 1 atom stereocenters. The highest BCUT2D eigenvalue weighted by Gasteiger charge is 2.28. The van der Waals surface area contributed by atoms with E-state index >= 15 is 0 Å². The molecule has 1 aliphatic rings. The van der Waals surface area contributed by atoms with E-state index in [1.54, 1.807) is 36.9 Å². The SMILES string of the molecule is Cc1cc(O)c(C2=NCCSC(c3ccccc3[N+](=O)[O-])C2)c(=O)o1. The molecule has 7 nitrogen and oxygen atoms in total. The van der Waals surface area contributed by atoms with Gasteiger partial charge in [-0.2, -0.15) is 11.8 Å². The maximum absolute atomic E-state index is 12.2. The van der Waals surface area contributed by atoms with Crippen LogP contribution in [0.1, 0.15) is 28.6 Å². The van der Waals surface area contributed by atoms with Crippen LogP contribution in [0.5, 0.6) is 5.75 Å². The smallest absolute Gasteiger partial charge is 0.348 e. The highest BCUT2D eigenvalue weighted by atomic mass is 32.2. The highest BCUT2D eigenvalue weighted by Crippen LogP contribution is 2.39. The number of nitro groups is 1. The van der Waals surface area contributed by atoms with E-state index in [0.29, 0.717) is 35.8 Å². The summed E-state index contributed by atoms with van der Waals surface area (Å²) in [5, 5.41) is 21.2. The number of aryl methyl sites for hydroxylation is 1. The van der Waals surface area contributed by atoms with E-state index in [-0.39, 0.29) is 22.3 Å². The number of hydrogen-bond donors (Lipinski definition) is 1. The molecule has 0 fully saturated rings. The molecule has 0 amide bonds. The van der Waals surface area contributed by atoms with Crippen LogP contribution in [0.2, 0.25) is 0 Å². The second kappa shape index (κ2) is 7.10. The van der Waals surface area contributed by atoms with Crippen molar-refractivity contribution in [3.05, 3.63) is 67.8 Å². The Kier molecular flexibility index (Phi) is 4.89. The van der Waals surface area contributed by atoms with Gasteiger partial charge in [0.15, 0.2) is 0 Å². The van der Waals surface area contributed by atoms with Crippen LogP contribution in [0.25, 0.3) is 0 Å². The molecular weight excluding hydrogens is 344 g/mol. The summed E-state index contributed by atoms with van der Waals surface area (Å²) in [6.07, 6.45) is 0.302. The number of nitro benzene ring substituents is 1. The molecule has 3 rings (SSSR count). The molecule has 25 heavy (non-hydrogen) atoms. The Morgan fingerprint density at radius 2 is 2.16 bits per heavy atom. The minimum absolute atomic E-state index is 0.0386. The van der Waals surface area contributed by atoms with Crippen molar-refractivity contribution in [2.24, 2.45) is 4.99 Å². The molecule has 0 aliphatic carbocycles. The number of aromatic hydroxyl groups is 1. The lowest BCUT2D eigenvalue weighted by atomic mass is 10.0. The first kappa shape index (κ1) is 17.2. The first-order valence-electron chi connectivity index (χ1n) is 7.69. The van der Waals surface area contributed by atoms with Crippen LogP contribution in [-0.2, 0) is 0 Å². The summed E-state index contributed by atoms with van der Waals surface area (Å²) < 4.78 is 5.07. The summed E-state index contributed by atoms with van der Waals surface area (Å²) in [4.78, 5) is 27.5. The molecule has 1 unspecified atom stereocenters. The average Bonchev–Trinajstić information content (AvgIpc) is 2.80. The Hall–Kier alpha value is -2.61. The molecule has 0 radical (unpaired) electrons. The fourth-order valence-corrected chi connectivity index (χ4v) is 3.98. The summed E-state index contributed by atoms with van der Waals surface area (Å²) in [6, 6.07) is 7.93. The number of benzene rings is 1. The number of thioether (sulfide) groups is 1. The lowest BCUT2D eigenvalue weighted by molar-refractivity contribution is -0.385. The molecule has 0 bridgehead atoms. The maximum atomic E-state index is 12.2. The van der Waals surface area contributed by atoms with E-state index in [2.05, 4.69) is 4.99 Å². The van der Waals surface area contributed by atoms with E-state index < -0.39 is 10.5 Å². The Morgan fingerprint density at radius 1 is 1.40 bits per heavy atom. The standard InChI is InChI=1S/C17H16N2O5S/c1-10-8-14(20)16(17(21)24-10)12-9-15(25-7-6-18-12)11-4-2-3-5-13(11)19(22)23/h2-5,8,15,20H,6-7,9H2,1H3. The zero-order valence-electron chi connectivity index (χ0n) is 13.5. The Morgan fingerprint density at radius 3 is 2.88 bits per heavy atom. The molecule has 1 aromatic heterocycles. The van der Waals surface area contributed by atoms with Gasteiger partial charge in [-0.05, 0) is 6.92 Å². The molecule has 1 N–H and O–H groups in total. The van der Waals surface area contributed by atoms with Crippen LogP contribution < -0.4 is 5.63 Å². The zero-order valence-corrected chi connectivity index (χ0v) is 14.3. The highest BCUT2D eigenvalue weighted by molar-refractivity contribution is 7.99. The van der Waals surface area contributed by atoms with Crippen molar-refractivity contribution in [3.63, 3.8) is 0 Å². The Bertz CT molecular complexity index is 906. The van der Waals surface area contributed by atoms with Gasteiger partial charge in [-0.3, -0.25) is 15.1 Å². The fraction of sp³-hybridized carbons (Fsp3) is 0.294. The molecule has 1 aliphatic heterocycles. The van der Waals surface area contributed by atoms with Crippen molar-refractivity contribution in [1.29, 1.82) is 0 Å². The van der Waals surface area contributed by atoms with Crippen LogP contribution in [-0.4, -0.2) is 28.0 Å². The van der Waals surface area contributed by atoms with Gasteiger partial charge in [0.05, 0.1) is 10.6 Å². The van der Waals surface area contributed by atoms with Crippen molar-refractivity contribution in [1.82, 2.24) is 0 Å². The number of para-hydroxylation sites is 1. The van der Waals surface area contributed by atoms with E-state index in [1.165, 1.54) is 12.1 Å². The molecule has 130 valence electrons. The predicted octanol–water partition coefficient (Wildman–Crippen LogP) is 3.23. The van der Waals surface area contributed by atoms with E-state index in [0.717, 1.165) is 0 Å². The Labute approximate surface area is 147 Å². The van der Waals surface area contributed by atoms with Gasteiger partial charge in [-0.15, -0.1) is 0 Å². The molecule has 2 aromatic rings. The van der Waals surface area contributed by atoms with Gasteiger partial charge in [0.1, 0.15) is 17.1 Å². The van der Waals surface area contributed by atoms with Crippen molar-refractivity contribution in [2.45, 2.75) is 18.6 Å². The monoisotopic (exact) mass is 360 g/mol. The van der Waals surface area contributed by atoms with Gasteiger partial charge in [0, 0.05) is 41.7 Å². The molecule has 2 heterocycles. The minimum Gasteiger partial charge on any atom is -0.507 e. The number of rotatable bonds is 3. The third kappa shape index (κ3) is 3.58. The summed E-state index contributed by atoms with van der Waals surface area (Å²) in [6.45, 7) is 2.04. The summed E-state index contributed by atoms with van der Waals surface area (Å²) in [5.74, 6) is 0.795. The summed E-state index contributed by atoms with van der Waals surface area (Å²) in [7, 11) is 0. The topological polar surface area (TPSA) is 106 Å². The second-order valence-electron chi connectivity index (χ2n) is 5.61. The van der Waals surface area contributed by atoms with Crippen LogP contribution >= 0.6 is 11.8 Å². The van der Waals surface area contributed by atoms with Gasteiger partial charge in [-0.1, -0.05) is 18.2 Å². The lowest BCUT2D eigenvalue weighted by Gasteiger charge is -2.15. The minimum atomic E-state index is -0.649. The molecular formula is C17H16N2O5S. The number of aliphatic imine (C=N–C) groups is 1. The van der Waals surface area contributed by atoms with Gasteiger partial charge in [0.25, 0.3) is 5.69 Å². The van der Waals surface area contributed by atoms with Gasteiger partial charge in [-0.25, -0.2) is 4.79 Å². The van der Waals surface area contributed by atoms with Crippen molar-refractivity contribution in [2.75, 3.05) is 12.3 Å².